The zero-order chi connectivity index (χ0) is 17.0. The van der Waals surface area contributed by atoms with Gasteiger partial charge in [-0.2, -0.15) is 0 Å². The van der Waals surface area contributed by atoms with Gasteiger partial charge in [-0.15, -0.1) is 0 Å². The zero-order valence-corrected chi connectivity index (χ0v) is 15.0. The predicted molar refractivity (Wildman–Crippen MR) is 87.8 cm³/mol. The van der Waals surface area contributed by atoms with Gasteiger partial charge < -0.3 is 14.6 Å². The molecule has 1 aliphatic heterocycles. The van der Waals surface area contributed by atoms with Gasteiger partial charge in [0.15, 0.2) is 0 Å². The van der Waals surface area contributed by atoms with Gasteiger partial charge in [0, 0.05) is 24.2 Å². The molecule has 0 aromatic heterocycles. The molecule has 0 aromatic rings. The molecule has 2 fully saturated rings. The maximum atomic E-state index is 11.7. The van der Waals surface area contributed by atoms with Crippen LogP contribution in [0, 0.1) is 22.7 Å². The van der Waals surface area contributed by atoms with Crippen molar-refractivity contribution in [2.75, 3.05) is 6.61 Å². The monoisotopic (exact) mass is 322 g/mol. The third-order valence-corrected chi connectivity index (χ3v) is 6.97. The van der Waals surface area contributed by atoms with E-state index in [0.717, 1.165) is 24.8 Å². The number of aliphatic hydroxyl groups is 1. The minimum absolute atomic E-state index is 0.00366. The second-order valence-corrected chi connectivity index (χ2v) is 8.38. The fourth-order valence-corrected chi connectivity index (χ4v) is 5.71. The first kappa shape index (κ1) is 17.0. The fraction of sp³-hybridized carbons (Fsp3) is 0.842. The second kappa shape index (κ2) is 5.59. The van der Waals surface area contributed by atoms with Crippen molar-refractivity contribution in [3.05, 3.63) is 11.6 Å². The summed E-state index contributed by atoms with van der Waals surface area (Å²) in [6.07, 6.45) is 4.81. The van der Waals surface area contributed by atoms with Crippen LogP contribution in [0.3, 0.4) is 0 Å². The van der Waals surface area contributed by atoms with Gasteiger partial charge in [-0.25, -0.2) is 0 Å². The molecule has 130 valence electrons. The summed E-state index contributed by atoms with van der Waals surface area (Å²) in [4.78, 5) is 11.7. The molecule has 0 radical (unpaired) electrons. The molecule has 1 N–H and O–H groups in total. The Labute approximate surface area is 139 Å². The standard InChI is InChI=1S/C19H30O4/c1-11(2)17-14-9-16(22-12(3)21)19(17,5)18(4)7-6-13(10-20)8-15(18)23-14/h8,11,14-17,20H,6-7,9-10H2,1-5H3/t14-,15-,16-,17?,18+,19+/m1/s1. The molecule has 0 aromatic carbocycles. The maximum Gasteiger partial charge on any atom is 0.302 e. The van der Waals surface area contributed by atoms with Crippen molar-refractivity contribution >= 4 is 5.97 Å². The molecule has 6 atom stereocenters. The molecule has 2 aliphatic carbocycles. The van der Waals surface area contributed by atoms with E-state index in [9.17, 15) is 9.90 Å². The van der Waals surface area contributed by atoms with Crippen LogP contribution in [0.4, 0.5) is 0 Å². The largest absolute Gasteiger partial charge is 0.462 e. The Kier molecular flexibility index (Phi) is 4.13. The van der Waals surface area contributed by atoms with Gasteiger partial charge in [0.2, 0.25) is 0 Å². The molecule has 1 heterocycles. The van der Waals surface area contributed by atoms with Crippen LogP contribution in [0.5, 0.6) is 0 Å². The molecule has 4 nitrogen and oxygen atoms in total. The van der Waals surface area contributed by atoms with Crippen molar-refractivity contribution in [1.29, 1.82) is 0 Å². The van der Waals surface area contributed by atoms with Gasteiger partial charge in [0.05, 0.1) is 18.8 Å². The number of hydrogen-bond acceptors (Lipinski definition) is 4. The molecule has 3 aliphatic rings. The van der Waals surface area contributed by atoms with Crippen molar-refractivity contribution in [2.45, 2.75) is 72.2 Å². The Balaban J connectivity index is 2.06. The lowest BCUT2D eigenvalue weighted by molar-refractivity contribution is -0.212. The average Bonchev–Trinajstić information content (AvgIpc) is 2.69. The Morgan fingerprint density at radius 3 is 2.74 bits per heavy atom. The van der Waals surface area contributed by atoms with E-state index in [0.29, 0.717) is 11.8 Å². The van der Waals surface area contributed by atoms with Crippen LogP contribution in [0.15, 0.2) is 11.6 Å². The molecule has 2 bridgehead atoms. The van der Waals surface area contributed by atoms with Crippen LogP contribution < -0.4 is 0 Å². The molecule has 3 rings (SSSR count). The third-order valence-electron chi connectivity index (χ3n) is 6.97. The molecule has 0 spiro atoms. The number of esters is 1. The second-order valence-electron chi connectivity index (χ2n) is 8.38. The van der Waals surface area contributed by atoms with E-state index in [4.69, 9.17) is 9.47 Å². The van der Waals surface area contributed by atoms with E-state index in [1.54, 1.807) is 0 Å². The topological polar surface area (TPSA) is 55.8 Å². The number of fused-ring (bicyclic) bond motifs is 4. The summed E-state index contributed by atoms with van der Waals surface area (Å²) in [6, 6.07) is 0. The number of hydrogen-bond donors (Lipinski definition) is 1. The van der Waals surface area contributed by atoms with E-state index in [1.165, 1.54) is 6.92 Å². The van der Waals surface area contributed by atoms with Crippen LogP contribution in [0.1, 0.15) is 53.9 Å². The van der Waals surface area contributed by atoms with E-state index in [2.05, 4.69) is 33.8 Å². The van der Waals surface area contributed by atoms with Gasteiger partial charge in [-0.1, -0.05) is 33.8 Å². The van der Waals surface area contributed by atoms with Crippen LogP contribution in [0.25, 0.3) is 0 Å². The van der Waals surface area contributed by atoms with Gasteiger partial charge in [-0.3, -0.25) is 4.79 Å². The number of carbonyl (C=O) groups is 1. The Morgan fingerprint density at radius 2 is 2.17 bits per heavy atom. The molecule has 1 unspecified atom stereocenters. The molecular weight excluding hydrogens is 292 g/mol. The highest BCUT2D eigenvalue weighted by Gasteiger charge is 2.69. The summed E-state index contributed by atoms with van der Waals surface area (Å²) in [6.45, 7) is 10.7. The number of aliphatic hydroxyl groups excluding tert-OH is 1. The zero-order valence-electron chi connectivity index (χ0n) is 15.0. The van der Waals surface area contributed by atoms with E-state index >= 15 is 0 Å². The van der Waals surface area contributed by atoms with Gasteiger partial charge in [0.25, 0.3) is 0 Å². The molecule has 1 saturated carbocycles. The van der Waals surface area contributed by atoms with Crippen molar-refractivity contribution in [1.82, 2.24) is 0 Å². The summed E-state index contributed by atoms with van der Waals surface area (Å²) in [5, 5.41) is 9.49. The minimum atomic E-state index is -0.200. The first-order valence-electron chi connectivity index (χ1n) is 8.87. The van der Waals surface area contributed by atoms with Gasteiger partial charge in [-0.05, 0) is 30.3 Å². The van der Waals surface area contributed by atoms with E-state index in [1.807, 2.05) is 0 Å². The Bertz CT molecular complexity index is 525. The quantitative estimate of drug-likeness (QED) is 0.641. The van der Waals surface area contributed by atoms with Crippen LogP contribution in [-0.4, -0.2) is 36.0 Å². The first-order valence-corrected chi connectivity index (χ1v) is 8.87. The lowest BCUT2D eigenvalue weighted by Crippen LogP contribution is -2.60. The molecule has 23 heavy (non-hydrogen) atoms. The highest BCUT2D eigenvalue weighted by Crippen LogP contribution is 2.66. The molecular formula is C19H30O4. The van der Waals surface area contributed by atoms with Gasteiger partial charge >= 0.3 is 5.97 Å². The fourth-order valence-electron chi connectivity index (χ4n) is 5.71. The predicted octanol–water partition coefficient (Wildman–Crippen LogP) is 3.09. The van der Waals surface area contributed by atoms with Crippen LogP contribution in [0.2, 0.25) is 0 Å². The van der Waals surface area contributed by atoms with Gasteiger partial charge in [0.1, 0.15) is 6.10 Å². The van der Waals surface area contributed by atoms with Crippen molar-refractivity contribution in [3.63, 3.8) is 0 Å². The maximum absolute atomic E-state index is 11.7. The lowest BCUT2D eigenvalue weighted by Gasteiger charge is -2.59. The summed E-state index contributed by atoms with van der Waals surface area (Å²) >= 11 is 0. The highest BCUT2D eigenvalue weighted by atomic mass is 16.6. The summed E-state index contributed by atoms with van der Waals surface area (Å²) in [5.74, 6) is 0.664. The normalized spacial score (nSPS) is 45.6. The van der Waals surface area contributed by atoms with E-state index < -0.39 is 0 Å². The van der Waals surface area contributed by atoms with Crippen LogP contribution in [-0.2, 0) is 14.3 Å². The average molecular weight is 322 g/mol. The third kappa shape index (κ3) is 2.29. The molecule has 1 saturated heterocycles. The number of rotatable bonds is 3. The highest BCUT2D eigenvalue weighted by molar-refractivity contribution is 5.66. The molecule has 4 heteroatoms. The van der Waals surface area contributed by atoms with Crippen molar-refractivity contribution < 1.29 is 19.4 Å². The molecule has 0 amide bonds. The smallest absolute Gasteiger partial charge is 0.302 e. The van der Waals surface area contributed by atoms with Crippen molar-refractivity contribution in [2.24, 2.45) is 22.7 Å². The summed E-state index contributed by atoms with van der Waals surface area (Å²) in [7, 11) is 0. The minimum Gasteiger partial charge on any atom is -0.462 e. The number of ether oxygens (including phenoxy) is 2. The Morgan fingerprint density at radius 1 is 1.48 bits per heavy atom. The SMILES string of the molecule is CC(=O)O[C@@H]1C[C@H]2O[C@@H]3C=C(CO)CC[C@]3(C)[C@]1(C)C2C(C)C. The Hall–Kier alpha value is -0.870. The summed E-state index contributed by atoms with van der Waals surface area (Å²) in [5.41, 5.74) is 0.897. The van der Waals surface area contributed by atoms with E-state index in [-0.39, 0.29) is 41.7 Å². The number of carbonyl (C=O) groups excluding carboxylic acids is 1. The van der Waals surface area contributed by atoms with Crippen LogP contribution >= 0.6 is 0 Å². The summed E-state index contributed by atoms with van der Waals surface area (Å²) < 4.78 is 12.3. The first-order chi connectivity index (χ1) is 10.7. The lowest BCUT2D eigenvalue weighted by atomic mass is 9.50. The van der Waals surface area contributed by atoms with Crippen molar-refractivity contribution in [3.8, 4) is 0 Å².